The number of halogens is 2. The van der Waals surface area contributed by atoms with Crippen LogP contribution in [0.5, 0.6) is 0 Å². The number of pyridine rings is 1. The second-order valence-corrected chi connectivity index (χ2v) is 4.20. The Morgan fingerprint density at radius 2 is 2.10 bits per heavy atom. The van der Waals surface area contributed by atoms with E-state index in [0.717, 1.165) is 24.4 Å². The molecule has 0 atom stereocenters. The van der Waals surface area contributed by atoms with Crippen LogP contribution in [0, 0.1) is 28.7 Å². The minimum Gasteiger partial charge on any atom is -0.366 e. The van der Waals surface area contributed by atoms with Gasteiger partial charge in [-0.1, -0.05) is 0 Å². The smallest absolute Gasteiger partial charge is 0.290 e. The number of rotatable bonds is 4. The largest absolute Gasteiger partial charge is 0.366 e. The molecule has 0 fully saturated rings. The summed E-state index contributed by atoms with van der Waals surface area (Å²) in [6, 6.07) is 4.64. The molecule has 1 aromatic carbocycles. The Kier molecular flexibility index (Phi) is 3.88. The second kappa shape index (κ2) is 5.60. The van der Waals surface area contributed by atoms with Crippen molar-refractivity contribution in [3.63, 3.8) is 0 Å². The molecule has 7 heteroatoms. The first-order valence-electron chi connectivity index (χ1n) is 5.76. The lowest BCUT2D eigenvalue weighted by Gasteiger charge is -2.07. The van der Waals surface area contributed by atoms with Crippen molar-refractivity contribution in [3.8, 4) is 0 Å². The van der Waals surface area contributed by atoms with Gasteiger partial charge in [0.05, 0.1) is 4.92 Å². The van der Waals surface area contributed by atoms with Gasteiger partial charge in [0.25, 0.3) is 5.69 Å². The third-order valence-electron chi connectivity index (χ3n) is 2.75. The number of hydrogen-bond acceptors (Lipinski definition) is 4. The zero-order chi connectivity index (χ0) is 14.7. The van der Waals surface area contributed by atoms with Crippen LogP contribution < -0.4 is 5.32 Å². The molecule has 0 unspecified atom stereocenters. The van der Waals surface area contributed by atoms with Crippen LogP contribution in [0.25, 0.3) is 0 Å². The van der Waals surface area contributed by atoms with Crippen molar-refractivity contribution in [2.45, 2.75) is 13.5 Å². The summed E-state index contributed by atoms with van der Waals surface area (Å²) in [5.41, 5.74) is 0.502. The van der Waals surface area contributed by atoms with E-state index >= 15 is 0 Å². The highest BCUT2D eigenvalue weighted by molar-refractivity contribution is 5.47. The Morgan fingerprint density at radius 1 is 1.35 bits per heavy atom. The van der Waals surface area contributed by atoms with E-state index in [-0.39, 0.29) is 17.8 Å². The molecular formula is C13H11F2N3O2. The van der Waals surface area contributed by atoms with Gasteiger partial charge in [0, 0.05) is 17.7 Å². The van der Waals surface area contributed by atoms with Crippen LogP contribution in [0.3, 0.4) is 0 Å². The van der Waals surface area contributed by atoms with Gasteiger partial charge < -0.3 is 5.32 Å². The van der Waals surface area contributed by atoms with Gasteiger partial charge in [-0.25, -0.2) is 13.8 Å². The van der Waals surface area contributed by atoms with Gasteiger partial charge in [0.15, 0.2) is 0 Å². The summed E-state index contributed by atoms with van der Waals surface area (Å²) in [4.78, 5) is 14.0. The zero-order valence-corrected chi connectivity index (χ0v) is 10.6. The number of nitro groups is 1. The highest BCUT2D eigenvalue weighted by Gasteiger charge is 2.11. The standard InChI is InChI=1S/C13H11F2N3O2/c1-8-4-13(17-7-12(8)18(19)20)16-6-9-5-10(14)2-3-11(9)15/h2-5,7H,6H2,1H3,(H,16,17). The molecule has 104 valence electrons. The highest BCUT2D eigenvalue weighted by atomic mass is 19.1. The van der Waals surface area contributed by atoms with Crippen LogP contribution in [0.2, 0.25) is 0 Å². The molecule has 1 N–H and O–H groups in total. The molecule has 0 spiro atoms. The van der Waals surface area contributed by atoms with E-state index in [4.69, 9.17) is 0 Å². The highest BCUT2D eigenvalue weighted by Crippen LogP contribution is 2.19. The quantitative estimate of drug-likeness (QED) is 0.689. The minimum absolute atomic E-state index is 0.0356. The summed E-state index contributed by atoms with van der Waals surface area (Å²) in [6.07, 6.45) is 1.12. The van der Waals surface area contributed by atoms with Crippen molar-refractivity contribution in [2.75, 3.05) is 5.32 Å². The number of aryl methyl sites for hydroxylation is 1. The molecule has 0 bridgehead atoms. The number of aromatic nitrogens is 1. The van der Waals surface area contributed by atoms with Gasteiger partial charge >= 0.3 is 0 Å². The number of hydrogen-bond donors (Lipinski definition) is 1. The van der Waals surface area contributed by atoms with E-state index in [1.807, 2.05) is 0 Å². The van der Waals surface area contributed by atoms with Gasteiger partial charge in [0.2, 0.25) is 0 Å². The second-order valence-electron chi connectivity index (χ2n) is 4.20. The van der Waals surface area contributed by atoms with Crippen LogP contribution >= 0.6 is 0 Å². The summed E-state index contributed by atoms with van der Waals surface area (Å²) < 4.78 is 26.4. The minimum atomic E-state index is -0.531. The molecule has 0 aliphatic heterocycles. The first-order chi connectivity index (χ1) is 9.47. The fourth-order valence-corrected chi connectivity index (χ4v) is 1.70. The molecule has 20 heavy (non-hydrogen) atoms. The molecule has 1 aromatic heterocycles. The lowest BCUT2D eigenvalue weighted by molar-refractivity contribution is -0.385. The van der Waals surface area contributed by atoms with Gasteiger partial charge in [-0.3, -0.25) is 10.1 Å². The van der Waals surface area contributed by atoms with Crippen molar-refractivity contribution in [1.29, 1.82) is 0 Å². The maximum atomic E-state index is 13.4. The van der Waals surface area contributed by atoms with Crippen molar-refractivity contribution in [3.05, 3.63) is 63.3 Å². The first-order valence-corrected chi connectivity index (χ1v) is 5.76. The maximum Gasteiger partial charge on any atom is 0.290 e. The summed E-state index contributed by atoms with van der Waals surface area (Å²) in [7, 11) is 0. The van der Waals surface area contributed by atoms with Crippen LogP contribution in [0.15, 0.2) is 30.5 Å². The molecule has 0 aliphatic carbocycles. The van der Waals surface area contributed by atoms with Crippen LogP contribution in [-0.4, -0.2) is 9.91 Å². The van der Waals surface area contributed by atoms with E-state index in [1.165, 1.54) is 6.07 Å². The van der Waals surface area contributed by atoms with Crippen molar-refractivity contribution in [1.82, 2.24) is 4.98 Å². The zero-order valence-electron chi connectivity index (χ0n) is 10.6. The number of nitrogens with one attached hydrogen (secondary N) is 1. The Bertz CT molecular complexity index is 662. The molecule has 0 saturated carbocycles. The SMILES string of the molecule is Cc1cc(NCc2cc(F)ccc2F)ncc1[N+](=O)[O-]. The fraction of sp³-hybridized carbons (Fsp3) is 0.154. The Balaban J connectivity index is 2.13. The third kappa shape index (κ3) is 3.05. The molecular weight excluding hydrogens is 268 g/mol. The van der Waals surface area contributed by atoms with Crippen molar-refractivity contribution in [2.24, 2.45) is 0 Å². The van der Waals surface area contributed by atoms with Crippen LogP contribution in [-0.2, 0) is 6.54 Å². The average Bonchev–Trinajstić information content (AvgIpc) is 2.39. The van der Waals surface area contributed by atoms with E-state index < -0.39 is 16.6 Å². The number of benzene rings is 1. The third-order valence-corrected chi connectivity index (χ3v) is 2.75. The Hall–Kier alpha value is -2.57. The Morgan fingerprint density at radius 3 is 2.75 bits per heavy atom. The summed E-state index contributed by atoms with van der Waals surface area (Å²) in [6.45, 7) is 1.61. The summed E-state index contributed by atoms with van der Waals surface area (Å²) in [5.74, 6) is -0.703. The van der Waals surface area contributed by atoms with Crippen LogP contribution in [0.4, 0.5) is 20.3 Å². The molecule has 0 radical (unpaired) electrons. The van der Waals surface area contributed by atoms with E-state index in [2.05, 4.69) is 10.3 Å². The van der Waals surface area contributed by atoms with Gasteiger partial charge in [-0.05, 0) is 31.2 Å². The molecule has 1 heterocycles. The van der Waals surface area contributed by atoms with E-state index in [9.17, 15) is 18.9 Å². The monoisotopic (exact) mass is 279 g/mol. The molecule has 2 rings (SSSR count). The molecule has 0 saturated heterocycles. The molecule has 2 aromatic rings. The van der Waals surface area contributed by atoms with E-state index in [1.54, 1.807) is 6.92 Å². The predicted octanol–water partition coefficient (Wildman–Crippen LogP) is 3.19. The van der Waals surface area contributed by atoms with Crippen molar-refractivity contribution < 1.29 is 13.7 Å². The predicted molar refractivity (Wildman–Crippen MR) is 69.3 cm³/mol. The van der Waals surface area contributed by atoms with Gasteiger partial charge in [-0.2, -0.15) is 0 Å². The van der Waals surface area contributed by atoms with E-state index in [0.29, 0.717) is 11.4 Å². The number of nitrogens with zero attached hydrogens (tertiary/aromatic N) is 2. The van der Waals surface area contributed by atoms with Gasteiger partial charge in [-0.15, -0.1) is 0 Å². The topological polar surface area (TPSA) is 68.1 Å². The molecule has 0 amide bonds. The molecule has 0 aliphatic rings. The Labute approximate surface area is 113 Å². The lowest BCUT2D eigenvalue weighted by atomic mass is 10.2. The lowest BCUT2D eigenvalue weighted by Crippen LogP contribution is -2.05. The molecule has 5 nitrogen and oxygen atoms in total. The van der Waals surface area contributed by atoms with Crippen LogP contribution in [0.1, 0.15) is 11.1 Å². The average molecular weight is 279 g/mol. The maximum absolute atomic E-state index is 13.4. The normalized spacial score (nSPS) is 10.3. The summed E-state index contributed by atoms with van der Waals surface area (Å²) in [5, 5.41) is 13.4. The number of anilines is 1. The first kappa shape index (κ1) is 13.9. The van der Waals surface area contributed by atoms with Gasteiger partial charge in [0.1, 0.15) is 23.6 Å². The fourth-order valence-electron chi connectivity index (χ4n) is 1.70. The summed E-state index contributed by atoms with van der Waals surface area (Å²) >= 11 is 0. The van der Waals surface area contributed by atoms with Crippen molar-refractivity contribution >= 4 is 11.5 Å².